The molecule has 4 heteroatoms. The molecule has 1 aliphatic heterocycles. The van der Waals surface area contributed by atoms with E-state index < -0.39 is 0 Å². The Labute approximate surface area is 108 Å². The Hall–Kier alpha value is -1.55. The topological polar surface area (TPSA) is 41.6 Å². The highest BCUT2D eigenvalue weighted by molar-refractivity contribution is 5.78. The van der Waals surface area contributed by atoms with Crippen molar-refractivity contribution in [3.63, 3.8) is 0 Å². The van der Waals surface area contributed by atoms with Gasteiger partial charge in [0.15, 0.2) is 6.23 Å². The molecule has 0 aliphatic carbocycles. The van der Waals surface area contributed by atoms with Crippen LogP contribution < -0.4 is 5.32 Å². The number of rotatable bonds is 4. The van der Waals surface area contributed by atoms with Gasteiger partial charge in [0.2, 0.25) is 0 Å². The molecule has 18 heavy (non-hydrogen) atoms. The Morgan fingerprint density at radius 1 is 1.33 bits per heavy atom. The van der Waals surface area contributed by atoms with Crippen LogP contribution >= 0.6 is 0 Å². The number of nitrogens with one attached hydrogen (secondary N) is 1. The number of ether oxygens (including phenoxy) is 1. The highest BCUT2D eigenvalue weighted by atomic mass is 16.5. The van der Waals surface area contributed by atoms with E-state index in [0.29, 0.717) is 6.54 Å². The first-order valence-corrected chi connectivity index (χ1v) is 6.20. The fourth-order valence-corrected chi connectivity index (χ4v) is 2.39. The van der Waals surface area contributed by atoms with Gasteiger partial charge in [0.05, 0.1) is 5.54 Å². The van der Waals surface area contributed by atoms with Crippen LogP contribution in [0.3, 0.4) is 0 Å². The molecule has 0 spiro atoms. The molecule has 4 nitrogen and oxygen atoms in total. The van der Waals surface area contributed by atoms with Gasteiger partial charge in [0, 0.05) is 13.7 Å². The summed E-state index contributed by atoms with van der Waals surface area (Å²) < 4.78 is 5.31. The average Bonchev–Trinajstić information content (AvgIpc) is 2.58. The molecule has 0 saturated carbocycles. The molecule has 0 aromatic heterocycles. The fraction of sp³-hybridized carbons (Fsp3) is 0.500. The van der Waals surface area contributed by atoms with Crippen molar-refractivity contribution in [2.24, 2.45) is 0 Å². The summed E-state index contributed by atoms with van der Waals surface area (Å²) in [6, 6.07) is 10.1. The Morgan fingerprint density at radius 2 is 2.00 bits per heavy atom. The molecule has 1 saturated heterocycles. The van der Waals surface area contributed by atoms with Crippen molar-refractivity contribution in [2.45, 2.75) is 32.0 Å². The quantitative estimate of drug-likeness (QED) is 0.885. The summed E-state index contributed by atoms with van der Waals surface area (Å²) in [5.41, 5.74) is 0.919. The van der Waals surface area contributed by atoms with Crippen molar-refractivity contribution in [2.75, 3.05) is 13.7 Å². The molecule has 2 rings (SSSR count). The number of hydrogen-bond acceptors (Lipinski definition) is 2. The second-order valence-corrected chi connectivity index (χ2v) is 5.11. The first-order chi connectivity index (χ1) is 8.55. The molecular formula is C14H20N2O2. The van der Waals surface area contributed by atoms with E-state index in [2.05, 4.69) is 17.4 Å². The number of hydrogen-bond donors (Lipinski definition) is 1. The van der Waals surface area contributed by atoms with Crippen molar-refractivity contribution in [3.05, 3.63) is 35.9 Å². The standard InChI is InChI=1S/C14H20N2O2/c1-14(2)12(18-3)15-13(17)16(14)10-9-11-7-5-4-6-8-11/h4-8,12H,9-10H2,1-3H3,(H,15,17). The molecule has 1 aliphatic rings. The van der Waals surface area contributed by atoms with E-state index in [0.717, 1.165) is 6.42 Å². The summed E-state index contributed by atoms with van der Waals surface area (Å²) in [4.78, 5) is 13.8. The van der Waals surface area contributed by atoms with E-state index in [-0.39, 0.29) is 17.8 Å². The van der Waals surface area contributed by atoms with Gasteiger partial charge in [-0.1, -0.05) is 30.3 Å². The molecular weight excluding hydrogens is 228 g/mol. The van der Waals surface area contributed by atoms with Crippen molar-refractivity contribution in [3.8, 4) is 0 Å². The van der Waals surface area contributed by atoms with Crippen LogP contribution in [0, 0.1) is 0 Å². The lowest BCUT2D eigenvalue weighted by Crippen LogP contribution is -2.48. The molecule has 1 heterocycles. The number of nitrogens with zero attached hydrogens (tertiary/aromatic N) is 1. The molecule has 98 valence electrons. The van der Waals surface area contributed by atoms with Gasteiger partial charge in [-0.05, 0) is 25.8 Å². The molecule has 1 aromatic rings. The number of methoxy groups -OCH3 is 1. The molecule has 1 N–H and O–H groups in total. The molecule has 0 radical (unpaired) electrons. The number of amides is 2. The second kappa shape index (κ2) is 4.98. The van der Waals surface area contributed by atoms with Gasteiger partial charge < -0.3 is 15.0 Å². The van der Waals surface area contributed by atoms with Crippen LogP contribution in [0.25, 0.3) is 0 Å². The van der Waals surface area contributed by atoms with E-state index in [1.54, 1.807) is 7.11 Å². The third-order valence-corrected chi connectivity index (χ3v) is 3.54. The van der Waals surface area contributed by atoms with E-state index >= 15 is 0 Å². The lowest BCUT2D eigenvalue weighted by molar-refractivity contribution is 0.0126. The Bertz CT molecular complexity index is 417. The maximum Gasteiger partial charge on any atom is 0.320 e. The number of urea groups is 1. The van der Waals surface area contributed by atoms with Gasteiger partial charge in [-0.15, -0.1) is 0 Å². The smallest absolute Gasteiger partial charge is 0.320 e. The van der Waals surface area contributed by atoms with Gasteiger partial charge in [-0.2, -0.15) is 0 Å². The van der Waals surface area contributed by atoms with Gasteiger partial charge in [0.1, 0.15) is 0 Å². The van der Waals surface area contributed by atoms with Crippen LogP contribution in [0.4, 0.5) is 4.79 Å². The lowest BCUT2D eigenvalue weighted by atomic mass is 10.0. The Morgan fingerprint density at radius 3 is 2.56 bits per heavy atom. The summed E-state index contributed by atoms with van der Waals surface area (Å²) in [7, 11) is 1.62. The normalized spacial score (nSPS) is 22.1. The van der Waals surface area contributed by atoms with E-state index in [1.165, 1.54) is 5.56 Å². The first-order valence-electron chi connectivity index (χ1n) is 6.20. The summed E-state index contributed by atoms with van der Waals surface area (Å²) in [5.74, 6) is 0. The van der Waals surface area contributed by atoms with Crippen molar-refractivity contribution in [1.82, 2.24) is 10.2 Å². The van der Waals surface area contributed by atoms with Crippen LogP contribution in [-0.4, -0.2) is 36.4 Å². The third kappa shape index (κ3) is 2.34. The summed E-state index contributed by atoms with van der Waals surface area (Å²) in [6.07, 6.45) is 0.606. The van der Waals surface area contributed by atoms with Crippen LogP contribution in [0.2, 0.25) is 0 Å². The fourth-order valence-electron chi connectivity index (χ4n) is 2.39. The van der Waals surface area contributed by atoms with Crippen LogP contribution in [0.5, 0.6) is 0 Å². The Kier molecular flexibility index (Phi) is 3.57. The summed E-state index contributed by atoms with van der Waals surface area (Å²) in [5, 5.41) is 2.84. The van der Waals surface area contributed by atoms with E-state index in [4.69, 9.17) is 4.74 Å². The maximum atomic E-state index is 11.9. The van der Waals surface area contributed by atoms with Crippen molar-refractivity contribution >= 4 is 6.03 Å². The predicted octanol–water partition coefficient (Wildman–Crippen LogP) is 2.01. The minimum Gasteiger partial charge on any atom is -0.359 e. The van der Waals surface area contributed by atoms with Gasteiger partial charge in [0.25, 0.3) is 0 Å². The number of carbonyl (C=O) groups is 1. The molecule has 1 atom stereocenters. The van der Waals surface area contributed by atoms with E-state index in [9.17, 15) is 4.79 Å². The molecule has 1 aromatic carbocycles. The largest absolute Gasteiger partial charge is 0.359 e. The van der Waals surface area contributed by atoms with Gasteiger partial charge in [-0.25, -0.2) is 4.79 Å². The Balaban J connectivity index is 2.03. The number of carbonyl (C=O) groups excluding carboxylic acids is 1. The van der Waals surface area contributed by atoms with Crippen LogP contribution in [0.1, 0.15) is 19.4 Å². The zero-order chi connectivity index (χ0) is 13.2. The molecule has 1 fully saturated rings. The average molecular weight is 248 g/mol. The van der Waals surface area contributed by atoms with Gasteiger partial charge >= 0.3 is 6.03 Å². The van der Waals surface area contributed by atoms with Crippen molar-refractivity contribution in [1.29, 1.82) is 0 Å². The summed E-state index contributed by atoms with van der Waals surface area (Å²) >= 11 is 0. The maximum absolute atomic E-state index is 11.9. The predicted molar refractivity (Wildman–Crippen MR) is 70.3 cm³/mol. The molecule has 0 bridgehead atoms. The highest BCUT2D eigenvalue weighted by Crippen LogP contribution is 2.26. The molecule has 1 unspecified atom stereocenters. The van der Waals surface area contributed by atoms with Gasteiger partial charge in [-0.3, -0.25) is 0 Å². The monoisotopic (exact) mass is 248 g/mol. The minimum absolute atomic E-state index is 0.0530. The highest BCUT2D eigenvalue weighted by Gasteiger charge is 2.45. The van der Waals surface area contributed by atoms with Crippen molar-refractivity contribution < 1.29 is 9.53 Å². The first kappa shape index (κ1) is 12.9. The number of benzene rings is 1. The zero-order valence-corrected chi connectivity index (χ0v) is 11.1. The minimum atomic E-state index is -0.319. The summed E-state index contributed by atoms with van der Waals surface area (Å²) in [6.45, 7) is 4.73. The third-order valence-electron chi connectivity index (χ3n) is 3.54. The SMILES string of the molecule is COC1NC(=O)N(CCc2ccccc2)C1(C)C. The van der Waals surface area contributed by atoms with E-state index in [1.807, 2.05) is 36.9 Å². The molecule has 2 amide bonds. The van der Waals surface area contributed by atoms with Crippen LogP contribution in [0.15, 0.2) is 30.3 Å². The second-order valence-electron chi connectivity index (χ2n) is 5.11. The lowest BCUT2D eigenvalue weighted by Gasteiger charge is -2.33. The zero-order valence-electron chi connectivity index (χ0n) is 11.1. The van der Waals surface area contributed by atoms with Crippen LogP contribution in [-0.2, 0) is 11.2 Å².